The first-order valence-corrected chi connectivity index (χ1v) is 9.82. The lowest BCUT2D eigenvalue weighted by molar-refractivity contribution is -0.141. The number of hydrogen-bond donors (Lipinski definition) is 0. The number of amides is 1. The summed E-state index contributed by atoms with van der Waals surface area (Å²) in [5.41, 5.74) is 1.65. The highest BCUT2D eigenvalue weighted by molar-refractivity contribution is 6.11. The molecule has 1 aliphatic heterocycles. The third-order valence-corrected chi connectivity index (χ3v) is 5.43. The van der Waals surface area contributed by atoms with E-state index in [1.54, 1.807) is 16.8 Å². The van der Waals surface area contributed by atoms with Crippen LogP contribution in [0.5, 0.6) is 0 Å². The predicted molar refractivity (Wildman–Crippen MR) is 104 cm³/mol. The third-order valence-electron chi connectivity index (χ3n) is 5.43. The number of alkyl halides is 3. The molecule has 3 heterocycles. The van der Waals surface area contributed by atoms with Crippen molar-refractivity contribution in [1.82, 2.24) is 14.8 Å². The lowest BCUT2D eigenvalue weighted by Gasteiger charge is -2.06. The molecule has 1 saturated carbocycles. The van der Waals surface area contributed by atoms with Crippen molar-refractivity contribution in [2.75, 3.05) is 0 Å². The second kappa shape index (κ2) is 7.11. The van der Waals surface area contributed by atoms with Gasteiger partial charge >= 0.3 is 6.18 Å². The molecule has 1 aliphatic carbocycles. The highest BCUT2D eigenvalue weighted by atomic mass is 19.4. The summed E-state index contributed by atoms with van der Waals surface area (Å²) in [4.78, 5) is 20.2. The predicted octanol–water partition coefficient (Wildman–Crippen LogP) is 5.01. The number of aryl methyl sites for hydroxylation is 1. The maximum atomic E-state index is 13.9. The van der Waals surface area contributed by atoms with Crippen LogP contribution in [0.15, 0.2) is 47.6 Å². The molecule has 0 N–H and O–H groups in total. The molecule has 5 rings (SSSR count). The van der Waals surface area contributed by atoms with E-state index in [2.05, 4.69) is 15.1 Å². The fraction of sp³-hybridized carbons (Fsp3) is 0.273. The van der Waals surface area contributed by atoms with Gasteiger partial charge in [-0.25, -0.2) is 9.38 Å². The van der Waals surface area contributed by atoms with Crippen LogP contribution in [0.1, 0.15) is 52.5 Å². The van der Waals surface area contributed by atoms with Crippen molar-refractivity contribution in [1.29, 1.82) is 0 Å². The molecule has 1 aromatic carbocycles. The number of aromatic nitrogens is 3. The van der Waals surface area contributed by atoms with Crippen LogP contribution >= 0.6 is 0 Å². The lowest BCUT2D eigenvalue weighted by Crippen LogP contribution is -2.07. The number of rotatable bonds is 3. The highest BCUT2D eigenvalue weighted by Crippen LogP contribution is 2.40. The summed E-state index contributed by atoms with van der Waals surface area (Å²) < 4.78 is 54.4. The van der Waals surface area contributed by atoms with E-state index in [0.717, 1.165) is 30.7 Å². The maximum absolute atomic E-state index is 13.9. The van der Waals surface area contributed by atoms with Crippen molar-refractivity contribution in [3.63, 3.8) is 0 Å². The van der Waals surface area contributed by atoms with Crippen molar-refractivity contribution in [2.45, 2.75) is 37.9 Å². The summed E-state index contributed by atoms with van der Waals surface area (Å²) in [5, 5.41) is 4.34. The number of carbonyl (C=O) groups excluding carboxylic acids is 1. The first-order chi connectivity index (χ1) is 14.8. The van der Waals surface area contributed by atoms with Crippen LogP contribution in [0, 0.1) is 5.82 Å². The molecular formula is C22H16F4N4O. The van der Waals surface area contributed by atoms with E-state index in [0.29, 0.717) is 36.0 Å². The van der Waals surface area contributed by atoms with Gasteiger partial charge in [-0.05, 0) is 60.7 Å². The van der Waals surface area contributed by atoms with Crippen molar-refractivity contribution in [2.24, 2.45) is 4.99 Å². The van der Waals surface area contributed by atoms with E-state index < -0.39 is 23.6 Å². The molecule has 1 amide bonds. The molecule has 2 aliphatic rings. The molecule has 0 spiro atoms. The minimum absolute atomic E-state index is 0.191. The first kappa shape index (κ1) is 19.6. The Kier molecular flexibility index (Phi) is 4.49. The molecular weight excluding hydrogens is 412 g/mol. The van der Waals surface area contributed by atoms with Crippen molar-refractivity contribution >= 4 is 11.6 Å². The summed E-state index contributed by atoms with van der Waals surface area (Å²) >= 11 is 0. The molecule has 0 saturated heterocycles. The molecule has 0 radical (unpaired) electrons. The van der Waals surface area contributed by atoms with Gasteiger partial charge in [0.25, 0.3) is 5.91 Å². The quantitative estimate of drug-likeness (QED) is 0.551. The minimum atomic E-state index is -4.55. The van der Waals surface area contributed by atoms with Gasteiger partial charge in [-0.3, -0.25) is 14.5 Å². The molecule has 31 heavy (non-hydrogen) atoms. The van der Waals surface area contributed by atoms with Crippen LogP contribution in [-0.4, -0.2) is 26.4 Å². The molecule has 0 unspecified atom stereocenters. The van der Waals surface area contributed by atoms with Crippen molar-refractivity contribution in [3.8, 4) is 11.3 Å². The molecule has 9 heteroatoms. The average molecular weight is 428 g/mol. The van der Waals surface area contributed by atoms with Gasteiger partial charge in [0.1, 0.15) is 11.5 Å². The Labute approximate surface area is 174 Å². The topological polar surface area (TPSA) is 60.1 Å². The Hall–Kier alpha value is -3.36. The third kappa shape index (κ3) is 3.87. The molecule has 1 fully saturated rings. The zero-order chi connectivity index (χ0) is 21.8. The standard InChI is InChI=1S/C22H16F4N4O/c23-16-8-14(12-1-2-12)7-15(9-16)21(31)28-17-4-6-30-19(17)11-18(29-30)13-3-5-27-20(10-13)22(24,25)26/h3,5,7-12H,1-2,4,6H2. The Bertz CT molecular complexity index is 1220. The van der Waals surface area contributed by atoms with E-state index in [1.807, 2.05) is 0 Å². The van der Waals surface area contributed by atoms with E-state index in [1.165, 1.54) is 18.2 Å². The zero-order valence-corrected chi connectivity index (χ0v) is 16.2. The van der Waals surface area contributed by atoms with Gasteiger partial charge in [-0.2, -0.15) is 18.3 Å². The number of fused-ring (bicyclic) bond motifs is 1. The number of halogens is 4. The van der Waals surface area contributed by atoms with Gasteiger partial charge in [0.2, 0.25) is 0 Å². The number of aliphatic imine (C=N–C) groups is 1. The highest BCUT2D eigenvalue weighted by Gasteiger charge is 2.33. The summed E-state index contributed by atoms with van der Waals surface area (Å²) in [6.45, 7) is 0.454. The summed E-state index contributed by atoms with van der Waals surface area (Å²) in [7, 11) is 0. The lowest BCUT2D eigenvalue weighted by atomic mass is 10.1. The molecule has 0 atom stereocenters. The van der Waals surface area contributed by atoms with Gasteiger partial charge < -0.3 is 0 Å². The molecule has 3 aromatic rings. The fourth-order valence-corrected chi connectivity index (χ4v) is 3.73. The van der Waals surface area contributed by atoms with E-state index in [-0.39, 0.29) is 11.1 Å². The minimum Gasteiger partial charge on any atom is -0.267 e. The number of benzene rings is 1. The van der Waals surface area contributed by atoms with E-state index in [4.69, 9.17) is 0 Å². The maximum Gasteiger partial charge on any atom is 0.433 e. The van der Waals surface area contributed by atoms with Crippen LogP contribution in [0.3, 0.4) is 0 Å². The van der Waals surface area contributed by atoms with Crippen LogP contribution in [0.25, 0.3) is 11.3 Å². The second-order valence-corrected chi connectivity index (χ2v) is 7.73. The SMILES string of the molecule is O=C(N=C1CCn2nc(-c3ccnc(C(F)(F)F)c3)cc21)c1cc(F)cc(C2CC2)c1. The van der Waals surface area contributed by atoms with Gasteiger partial charge in [-0.1, -0.05) is 0 Å². The summed E-state index contributed by atoms with van der Waals surface area (Å²) in [5.74, 6) is -0.715. The fourth-order valence-electron chi connectivity index (χ4n) is 3.73. The second-order valence-electron chi connectivity index (χ2n) is 7.73. The molecule has 0 bridgehead atoms. The zero-order valence-electron chi connectivity index (χ0n) is 16.2. The van der Waals surface area contributed by atoms with Crippen molar-refractivity contribution < 1.29 is 22.4 Å². The Morgan fingerprint density at radius 2 is 1.94 bits per heavy atom. The first-order valence-electron chi connectivity index (χ1n) is 9.82. The van der Waals surface area contributed by atoms with Gasteiger partial charge in [0, 0.05) is 30.3 Å². The van der Waals surface area contributed by atoms with Crippen molar-refractivity contribution in [3.05, 3.63) is 70.9 Å². The summed E-state index contributed by atoms with van der Waals surface area (Å²) in [6.07, 6.45) is -1.04. The van der Waals surface area contributed by atoms with Crippen LogP contribution < -0.4 is 0 Å². The van der Waals surface area contributed by atoms with E-state index >= 15 is 0 Å². The normalized spacial score (nSPS) is 17.2. The Morgan fingerprint density at radius 3 is 2.68 bits per heavy atom. The molecule has 5 nitrogen and oxygen atoms in total. The Balaban J connectivity index is 1.44. The molecule has 158 valence electrons. The average Bonchev–Trinajstić information content (AvgIpc) is 3.39. The smallest absolute Gasteiger partial charge is 0.267 e. The number of hydrogen-bond acceptors (Lipinski definition) is 3. The van der Waals surface area contributed by atoms with Crippen LogP contribution in [0.4, 0.5) is 17.6 Å². The van der Waals surface area contributed by atoms with Gasteiger partial charge in [0.15, 0.2) is 0 Å². The largest absolute Gasteiger partial charge is 0.433 e. The van der Waals surface area contributed by atoms with Crippen LogP contribution in [0.2, 0.25) is 0 Å². The number of pyridine rings is 1. The summed E-state index contributed by atoms with van der Waals surface area (Å²) in [6, 6.07) is 8.29. The monoisotopic (exact) mass is 428 g/mol. The van der Waals surface area contributed by atoms with E-state index in [9.17, 15) is 22.4 Å². The van der Waals surface area contributed by atoms with Gasteiger partial charge in [0.05, 0.1) is 17.1 Å². The van der Waals surface area contributed by atoms with Crippen LogP contribution in [-0.2, 0) is 12.7 Å². The number of nitrogens with zero attached hydrogens (tertiary/aromatic N) is 4. The van der Waals surface area contributed by atoms with Gasteiger partial charge in [-0.15, -0.1) is 0 Å². The molecule has 2 aromatic heterocycles. The Morgan fingerprint density at radius 1 is 1.13 bits per heavy atom. The number of carbonyl (C=O) groups is 1.